The Balaban J connectivity index is 1.32. The van der Waals surface area contributed by atoms with E-state index in [0.717, 1.165) is 60.4 Å². The van der Waals surface area contributed by atoms with Crippen LogP contribution in [0.1, 0.15) is 36.0 Å². The Morgan fingerprint density at radius 3 is 2.52 bits per heavy atom. The fourth-order valence-corrected chi connectivity index (χ4v) is 5.48. The van der Waals surface area contributed by atoms with Crippen molar-refractivity contribution in [3.8, 4) is 11.3 Å². The van der Waals surface area contributed by atoms with Crippen molar-refractivity contribution in [2.75, 3.05) is 23.7 Å². The van der Waals surface area contributed by atoms with Gasteiger partial charge in [-0.1, -0.05) is 36.4 Å². The van der Waals surface area contributed by atoms with Crippen molar-refractivity contribution < 1.29 is 14.5 Å². The lowest BCUT2D eigenvalue weighted by atomic mass is 9.98. The first-order valence-electron chi connectivity index (χ1n) is 13.9. The Labute approximate surface area is 242 Å². The first-order chi connectivity index (χ1) is 20.4. The number of rotatable bonds is 9. The molecule has 1 saturated heterocycles. The normalized spacial score (nSPS) is 15.5. The number of carbonyl (C=O) groups excluding carboxylic acids is 2. The number of non-ortho nitro benzene ring substituents is 1. The number of nitrogens with one attached hydrogen (secondary N) is 2. The number of anilines is 2. The smallest absolute Gasteiger partial charge is 0.270 e. The summed E-state index contributed by atoms with van der Waals surface area (Å²) in [5.41, 5.74) is 6.25. The first-order valence-corrected chi connectivity index (χ1v) is 13.9. The maximum Gasteiger partial charge on any atom is 0.270 e. The number of nitro benzene ring substituents is 1. The number of aryl methyl sites for hydroxylation is 2. The lowest BCUT2D eigenvalue weighted by molar-refractivity contribution is -0.384. The van der Waals surface area contributed by atoms with Crippen molar-refractivity contribution in [2.45, 2.75) is 25.7 Å². The van der Waals surface area contributed by atoms with Gasteiger partial charge in [-0.05, 0) is 48.6 Å². The molecule has 10 nitrogen and oxygen atoms in total. The summed E-state index contributed by atoms with van der Waals surface area (Å²) in [6.45, 7) is 1.59. The van der Waals surface area contributed by atoms with Gasteiger partial charge in [0.05, 0.1) is 28.2 Å². The molecule has 4 aromatic rings. The Morgan fingerprint density at radius 1 is 1.07 bits per heavy atom. The molecule has 0 bridgehead atoms. The Kier molecular flexibility index (Phi) is 7.26. The van der Waals surface area contributed by atoms with E-state index < -0.39 is 4.92 Å². The van der Waals surface area contributed by atoms with Gasteiger partial charge in [0.1, 0.15) is 0 Å². The van der Waals surface area contributed by atoms with Gasteiger partial charge in [-0.25, -0.2) is 4.98 Å². The third kappa shape index (κ3) is 5.51. The Bertz CT molecular complexity index is 1710. The molecule has 0 unspecified atom stereocenters. The van der Waals surface area contributed by atoms with Crippen molar-refractivity contribution in [1.82, 2.24) is 14.5 Å². The van der Waals surface area contributed by atoms with Crippen LogP contribution in [0.5, 0.6) is 0 Å². The van der Waals surface area contributed by atoms with Gasteiger partial charge in [0.25, 0.3) is 11.6 Å². The number of imidazole rings is 1. The van der Waals surface area contributed by atoms with E-state index in [0.29, 0.717) is 28.9 Å². The number of carbonyl (C=O) groups is 2. The summed E-state index contributed by atoms with van der Waals surface area (Å²) in [6.07, 6.45) is 6.96. The van der Waals surface area contributed by atoms with Crippen LogP contribution in [0.4, 0.5) is 17.1 Å². The Morgan fingerprint density at radius 2 is 1.86 bits per heavy atom. The van der Waals surface area contributed by atoms with Crippen LogP contribution in [0.15, 0.2) is 79.3 Å². The molecule has 0 atom stereocenters. The van der Waals surface area contributed by atoms with E-state index in [1.165, 1.54) is 12.1 Å². The van der Waals surface area contributed by atoms with Gasteiger partial charge in [0, 0.05) is 67.4 Å². The number of hydrogen-bond donors (Lipinski definition) is 2. The molecule has 2 aliphatic heterocycles. The summed E-state index contributed by atoms with van der Waals surface area (Å²) < 4.78 is 1.88. The van der Waals surface area contributed by atoms with Gasteiger partial charge in [-0.3, -0.25) is 19.7 Å². The summed E-state index contributed by atoms with van der Waals surface area (Å²) in [4.78, 5) is 42.6. The van der Waals surface area contributed by atoms with E-state index in [1.54, 1.807) is 12.4 Å². The molecule has 6 rings (SSSR count). The van der Waals surface area contributed by atoms with Gasteiger partial charge in [-0.15, -0.1) is 0 Å². The number of benzene rings is 3. The molecule has 212 valence electrons. The Hall–Kier alpha value is -5.25. The second kappa shape index (κ2) is 11.3. The van der Waals surface area contributed by atoms with E-state index in [-0.39, 0.29) is 17.5 Å². The van der Waals surface area contributed by atoms with Crippen LogP contribution in [0.25, 0.3) is 22.5 Å². The number of fused-ring (bicyclic) bond motifs is 1. The van der Waals surface area contributed by atoms with Crippen LogP contribution < -0.4 is 10.6 Å². The molecule has 0 radical (unpaired) electrons. The monoisotopic (exact) mass is 562 g/mol. The van der Waals surface area contributed by atoms with Crippen LogP contribution in [0.3, 0.4) is 0 Å². The summed E-state index contributed by atoms with van der Waals surface area (Å²) in [5, 5.41) is 17.8. The van der Waals surface area contributed by atoms with Gasteiger partial charge in [0.15, 0.2) is 0 Å². The predicted molar refractivity (Wildman–Crippen MR) is 161 cm³/mol. The van der Waals surface area contributed by atoms with Crippen LogP contribution in [0.2, 0.25) is 0 Å². The molecule has 2 aliphatic rings. The fraction of sp³-hybridized carbons (Fsp3) is 0.219. The predicted octanol–water partition coefficient (Wildman–Crippen LogP) is 5.48. The van der Waals surface area contributed by atoms with Crippen LogP contribution >= 0.6 is 0 Å². The topological polar surface area (TPSA) is 122 Å². The highest BCUT2D eigenvalue weighted by atomic mass is 16.6. The molecule has 0 aliphatic carbocycles. The minimum absolute atomic E-state index is 0.0892. The third-order valence-electron chi connectivity index (χ3n) is 7.67. The van der Waals surface area contributed by atoms with Crippen molar-refractivity contribution >= 4 is 40.1 Å². The second-order valence-corrected chi connectivity index (χ2v) is 10.6. The third-order valence-corrected chi connectivity index (χ3v) is 7.67. The van der Waals surface area contributed by atoms with Crippen LogP contribution in [-0.2, 0) is 23.1 Å². The molecular formula is C32H30N6O4. The van der Waals surface area contributed by atoms with Crippen LogP contribution in [-0.4, -0.2) is 44.3 Å². The lowest BCUT2D eigenvalue weighted by Crippen LogP contribution is -2.25. The average Bonchev–Trinajstić information content (AvgIpc) is 3.70. The van der Waals surface area contributed by atoms with Crippen molar-refractivity contribution in [2.24, 2.45) is 7.05 Å². The molecule has 10 heteroatoms. The largest absolute Gasteiger partial charge is 0.354 e. The highest BCUT2D eigenvalue weighted by molar-refractivity contribution is 6.37. The van der Waals surface area contributed by atoms with E-state index in [4.69, 9.17) is 0 Å². The zero-order valence-corrected chi connectivity index (χ0v) is 23.2. The molecule has 42 heavy (non-hydrogen) atoms. The van der Waals surface area contributed by atoms with Crippen molar-refractivity contribution in [1.29, 1.82) is 0 Å². The minimum Gasteiger partial charge on any atom is -0.354 e. The standard InChI is InChI=1S/C32H30N6O4/c1-36-19-28(33-20-36)22-10-12-24(13-11-22)34-31(30-26-18-25(38(41)42)14-15-27(26)35-32(30)40)23-8-6-21(7-9-23)4-2-16-37-17-3-5-29(37)39/h6-15,18-20,34H,2-5,16-17H2,1H3,(H,35,40). The zero-order chi connectivity index (χ0) is 29.2. The van der Waals surface area contributed by atoms with Gasteiger partial charge < -0.3 is 20.1 Å². The fourth-order valence-electron chi connectivity index (χ4n) is 5.48. The average molecular weight is 563 g/mol. The highest BCUT2D eigenvalue weighted by Crippen LogP contribution is 2.39. The number of nitrogens with zero attached hydrogens (tertiary/aromatic N) is 4. The molecule has 1 aromatic heterocycles. The molecule has 0 saturated carbocycles. The molecule has 2 N–H and O–H groups in total. The molecule has 0 spiro atoms. The summed E-state index contributed by atoms with van der Waals surface area (Å²) in [6, 6.07) is 20.1. The second-order valence-electron chi connectivity index (χ2n) is 10.6. The van der Waals surface area contributed by atoms with E-state index >= 15 is 0 Å². The van der Waals surface area contributed by atoms with E-state index in [9.17, 15) is 19.7 Å². The van der Waals surface area contributed by atoms with E-state index in [2.05, 4.69) is 15.6 Å². The minimum atomic E-state index is -0.464. The molecule has 3 heterocycles. The van der Waals surface area contributed by atoms with Crippen LogP contribution in [0, 0.1) is 10.1 Å². The summed E-state index contributed by atoms with van der Waals surface area (Å²) >= 11 is 0. The van der Waals surface area contributed by atoms with Crippen molar-refractivity contribution in [3.05, 3.63) is 106 Å². The zero-order valence-electron chi connectivity index (χ0n) is 23.2. The van der Waals surface area contributed by atoms with E-state index in [1.807, 2.05) is 71.2 Å². The highest BCUT2D eigenvalue weighted by Gasteiger charge is 2.30. The first kappa shape index (κ1) is 26.9. The number of aromatic nitrogens is 2. The number of likely N-dealkylation sites (tertiary alicyclic amines) is 1. The summed E-state index contributed by atoms with van der Waals surface area (Å²) in [5.74, 6) is -0.103. The molecule has 2 amide bonds. The maximum absolute atomic E-state index is 13.3. The number of amides is 2. The quantitative estimate of drug-likeness (QED) is 0.158. The molecule has 3 aromatic carbocycles. The maximum atomic E-state index is 13.3. The number of nitro groups is 1. The SMILES string of the molecule is Cn1cnc(-c2ccc(NC(=C3C(=O)Nc4ccc([N+](=O)[O-])cc43)c3ccc(CCCN4CCCC4=O)cc3)cc2)c1. The van der Waals surface area contributed by atoms with Gasteiger partial charge in [-0.2, -0.15) is 0 Å². The lowest BCUT2D eigenvalue weighted by Gasteiger charge is -2.16. The molecular weight excluding hydrogens is 532 g/mol. The van der Waals surface area contributed by atoms with Gasteiger partial charge >= 0.3 is 0 Å². The van der Waals surface area contributed by atoms with Gasteiger partial charge in [0.2, 0.25) is 5.91 Å². The molecule has 1 fully saturated rings. The summed E-state index contributed by atoms with van der Waals surface area (Å²) in [7, 11) is 1.92. The number of hydrogen-bond acceptors (Lipinski definition) is 6. The van der Waals surface area contributed by atoms with Crippen molar-refractivity contribution in [3.63, 3.8) is 0 Å².